The van der Waals surface area contributed by atoms with E-state index in [9.17, 15) is 9.18 Å². The minimum Gasteiger partial charge on any atom is -0.351 e. The lowest BCUT2D eigenvalue weighted by Gasteiger charge is -2.34. The molecule has 1 saturated heterocycles. The van der Waals surface area contributed by atoms with Gasteiger partial charge in [0.1, 0.15) is 5.82 Å². The number of hydrogen-bond donors (Lipinski definition) is 2. The molecule has 2 N–H and O–H groups in total. The van der Waals surface area contributed by atoms with Crippen molar-refractivity contribution in [1.29, 1.82) is 0 Å². The third-order valence-electron chi connectivity index (χ3n) is 5.08. The molecule has 132 valence electrons. The summed E-state index contributed by atoms with van der Waals surface area (Å²) >= 11 is 0. The fourth-order valence-corrected chi connectivity index (χ4v) is 3.22. The lowest BCUT2D eigenvalue weighted by molar-refractivity contribution is 0.0918. The first kappa shape index (κ1) is 17.6. The molecule has 1 aliphatic rings. The second-order valence-electron chi connectivity index (χ2n) is 7.30. The van der Waals surface area contributed by atoms with Crippen molar-refractivity contribution >= 4 is 5.91 Å². The Balaban J connectivity index is 1.69. The highest BCUT2D eigenvalue weighted by Crippen LogP contribution is 2.27. The number of carbonyl (C=O) groups is 1. The number of piperidine rings is 1. The number of rotatable bonds is 4. The summed E-state index contributed by atoms with van der Waals surface area (Å²) in [6.07, 6.45) is 2.03. The molecular weight excluding hydrogens is 315 g/mol. The number of hydrogen-bond acceptors (Lipinski definition) is 2. The van der Waals surface area contributed by atoms with Gasteiger partial charge in [0.2, 0.25) is 0 Å². The molecule has 25 heavy (non-hydrogen) atoms. The lowest BCUT2D eigenvalue weighted by atomic mass is 9.81. The van der Waals surface area contributed by atoms with Crippen LogP contribution in [0.4, 0.5) is 4.39 Å². The maximum Gasteiger partial charge on any atom is 0.254 e. The molecule has 2 aromatic rings. The van der Waals surface area contributed by atoms with E-state index in [0.29, 0.717) is 6.54 Å². The van der Waals surface area contributed by atoms with Crippen LogP contribution in [0.5, 0.6) is 0 Å². The van der Waals surface area contributed by atoms with Crippen LogP contribution < -0.4 is 10.6 Å². The summed E-state index contributed by atoms with van der Waals surface area (Å²) in [5.41, 5.74) is 3.07. The zero-order valence-corrected chi connectivity index (χ0v) is 14.9. The minimum absolute atomic E-state index is 0.0826. The molecule has 0 unspecified atom stereocenters. The molecule has 3 nitrogen and oxygen atoms in total. The third kappa shape index (κ3) is 4.26. The van der Waals surface area contributed by atoms with Crippen LogP contribution in [0.3, 0.4) is 0 Å². The Morgan fingerprint density at radius 1 is 1.12 bits per heavy atom. The van der Waals surface area contributed by atoms with Crippen molar-refractivity contribution in [2.75, 3.05) is 19.6 Å². The van der Waals surface area contributed by atoms with Gasteiger partial charge in [-0.15, -0.1) is 0 Å². The molecule has 0 radical (unpaired) electrons. The Labute approximate surface area is 148 Å². The molecule has 1 heterocycles. The lowest BCUT2D eigenvalue weighted by Crippen LogP contribution is -2.43. The van der Waals surface area contributed by atoms with Gasteiger partial charge in [0, 0.05) is 6.54 Å². The van der Waals surface area contributed by atoms with Gasteiger partial charge < -0.3 is 10.6 Å². The number of benzene rings is 2. The molecule has 0 spiro atoms. The van der Waals surface area contributed by atoms with Crippen LogP contribution in [0.25, 0.3) is 11.1 Å². The van der Waals surface area contributed by atoms with Crippen LogP contribution in [0.2, 0.25) is 0 Å². The molecule has 4 heteroatoms. The number of aryl methyl sites for hydroxylation is 1. The first-order chi connectivity index (χ1) is 12.0. The second-order valence-corrected chi connectivity index (χ2v) is 7.30. The van der Waals surface area contributed by atoms with E-state index in [1.54, 1.807) is 12.1 Å². The average Bonchev–Trinajstić information content (AvgIpc) is 2.61. The molecule has 0 bridgehead atoms. The van der Waals surface area contributed by atoms with E-state index < -0.39 is 5.82 Å². The van der Waals surface area contributed by atoms with Gasteiger partial charge in [-0.05, 0) is 61.5 Å². The Kier molecular flexibility index (Phi) is 5.19. The predicted octanol–water partition coefficient (Wildman–Crippen LogP) is 3.92. The minimum atomic E-state index is -0.481. The molecule has 1 fully saturated rings. The first-order valence-corrected chi connectivity index (χ1v) is 8.82. The smallest absolute Gasteiger partial charge is 0.254 e. The number of nitrogens with one attached hydrogen (secondary N) is 2. The summed E-state index contributed by atoms with van der Waals surface area (Å²) in [4.78, 5) is 12.4. The fourth-order valence-electron chi connectivity index (χ4n) is 3.22. The highest BCUT2D eigenvalue weighted by Gasteiger charge is 2.27. The third-order valence-corrected chi connectivity index (χ3v) is 5.08. The van der Waals surface area contributed by atoms with Crippen LogP contribution in [-0.4, -0.2) is 25.5 Å². The Morgan fingerprint density at radius 2 is 1.76 bits per heavy atom. The zero-order chi connectivity index (χ0) is 17.9. The van der Waals surface area contributed by atoms with Gasteiger partial charge in [0.05, 0.1) is 5.56 Å². The summed E-state index contributed by atoms with van der Waals surface area (Å²) in [6.45, 7) is 6.69. The molecule has 3 rings (SSSR count). The molecule has 0 saturated carbocycles. The van der Waals surface area contributed by atoms with Crippen molar-refractivity contribution in [3.63, 3.8) is 0 Å². The van der Waals surface area contributed by atoms with Gasteiger partial charge in [-0.1, -0.05) is 42.8 Å². The van der Waals surface area contributed by atoms with Crippen LogP contribution in [0.1, 0.15) is 35.7 Å². The quantitative estimate of drug-likeness (QED) is 0.886. The van der Waals surface area contributed by atoms with E-state index in [0.717, 1.165) is 42.6 Å². The zero-order valence-electron chi connectivity index (χ0n) is 14.9. The summed E-state index contributed by atoms with van der Waals surface area (Å²) in [5, 5.41) is 6.23. The van der Waals surface area contributed by atoms with E-state index >= 15 is 0 Å². The van der Waals surface area contributed by atoms with Crippen molar-refractivity contribution in [2.45, 2.75) is 26.7 Å². The summed E-state index contributed by atoms with van der Waals surface area (Å²) < 4.78 is 14.5. The van der Waals surface area contributed by atoms with Crippen molar-refractivity contribution in [1.82, 2.24) is 10.6 Å². The molecule has 0 aromatic heterocycles. The van der Waals surface area contributed by atoms with Gasteiger partial charge >= 0.3 is 0 Å². The maximum atomic E-state index is 14.5. The van der Waals surface area contributed by atoms with Crippen LogP contribution in [0, 0.1) is 18.2 Å². The van der Waals surface area contributed by atoms with Crippen molar-refractivity contribution in [2.24, 2.45) is 5.41 Å². The maximum absolute atomic E-state index is 14.5. The van der Waals surface area contributed by atoms with Gasteiger partial charge in [-0.25, -0.2) is 4.39 Å². The topological polar surface area (TPSA) is 41.1 Å². The van der Waals surface area contributed by atoms with Gasteiger partial charge in [0.25, 0.3) is 5.91 Å². The number of halogens is 1. The van der Waals surface area contributed by atoms with E-state index in [1.807, 2.05) is 31.2 Å². The molecular formula is C21H25FN2O. The highest BCUT2D eigenvalue weighted by atomic mass is 19.1. The normalized spacial score (nSPS) is 16.4. The molecule has 2 aromatic carbocycles. The Hall–Kier alpha value is -2.20. The van der Waals surface area contributed by atoms with Gasteiger partial charge in [-0.3, -0.25) is 4.79 Å². The Bertz CT molecular complexity index is 749. The van der Waals surface area contributed by atoms with E-state index in [1.165, 1.54) is 6.07 Å². The van der Waals surface area contributed by atoms with E-state index in [4.69, 9.17) is 0 Å². The van der Waals surface area contributed by atoms with Crippen LogP contribution in [0.15, 0.2) is 42.5 Å². The van der Waals surface area contributed by atoms with Crippen LogP contribution in [-0.2, 0) is 0 Å². The SMILES string of the molecule is Cc1ccc(-c2ccc(C(=O)NCC3(C)CCNCC3)c(F)c2)cc1. The number of amides is 1. The van der Waals surface area contributed by atoms with Crippen molar-refractivity contribution < 1.29 is 9.18 Å². The molecule has 0 aliphatic carbocycles. The molecule has 1 aliphatic heterocycles. The summed E-state index contributed by atoms with van der Waals surface area (Å²) in [5.74, 6) is -0.821. The monoisotopic (exact) mass is 340 g/mol. The largest absolute Gasteiger partial charge is 0.351 e. The van der Waals surface area contributed by atoms with Crippen LogP contribution >= 0.6 is 0 Å². The van der Waals surface area contributed by atoms with E-state index in [2.05, 4.69) is 17.6 Å². The van der Waals surface area contributed by atoms with E-state index in [-0.39, 0.29) is 16.9 Å². The number of carbonyl (C=O) groups excluding carboxylic acids is 1. The standard InChI is InChI=1S/C21H25FN2O/c1-15-3-5-16(6-4-15)17-7-8-18(19(22)13-17)20(25)24-14-21(2)9-11-23-12-10-21/h3-8,13,23H,9-12,14H2,1-2H3,(H,24,25). The fraction of sp³-hybridized carbons (Fsp3) is 0.381. The van der Waals surface area contributed by atoms with Gasteiger partial charge in [-0.2, -0.15) is 0 Å². The summed E-state index contributed by atoms with van der Waals surface area (Å²) in [7, 11) is 0. The van der Waals surface area contributed by atoms with Crippen molar-refractivity contribution in [3.05, 3.63) is 59.4 Å². The highest BCUT2D eigenvalue weighted by molar-refractivity contribution is 5.95. The predicted molar refractivity (Wildman–Crippen MR) is 99.1 cm³/mol. The van der Waals surface area contributed by atoms with Gasteiger partial charge in [0.15, 0.2) is 0 Å². The Morgan fingerprint density at radius 3 is 2.40 bits per heavy atom. The molecule has 1 amide bonds. The molecule has 0 atom stereocenters. The average molecular weight is 340 g/mol. The van der Waals surface area contributed by atoms with Crippen molar-refractivity contribution in [3.8, 4) is 11.1 Å². The first-order valence-electron chi connectivity index (χ1n) is 8.82. The second kappa shape index (κ2) is 7.36. The summed E-state index contributed by atoms with van der Waals surface area (Å²) in [6, 6.07) is 12.7.